The summed E-state index contributed by atoms with van der Waals surface area (Å²) < 4.78 is 45.2. The van der Waals surface area contributed by atoms with E-state index in [1.54, 1.807) is 0 Å². The Kier molecular flexibility index (Phi) is 8.87. The van der Waals surface area contributed by atoms with Crippen LogP contribution in [-0.2, 0) is 0 Å². The molecule has 0 amide bonds. The first-order valence-corrected chi connectivity index (χ1v) is 6.66. The van der Waals surface area contributed by atoms with E-state index in [-0.39, 0.29) is 36.1 Å². The number of nitrogens with one attached hydrogen (secondary N) is 1. The molecule has 3 nitrogen and oxygen atoms in total. The van der Waals surface area contributed by atoms with Crippen LogP contribution in [0.2, 0.25) is 5.02 Å². The fraction of sp³-hybridized carbons (Fsp3) is 0.538. The summed E-state index contributed by atoms with van der Waals surface area (Å²) in [5, 5.41) is 3.35. The Balaban J connectivity index is 0.00000220. The molecule has 1 saturated heterocycles. The van der Waals surface area contributed by atoms with Gasteiger partial charge in [0.05, 0.1) is 12.1 Å². The van der Waals surface area contributed by atoms with Gasteiger partial charge in [0.2, 0.25) is 0 Å². The highest BCUT2D eigenvalue weighted by Crippen LogP contribution is 2.40. The second kappa shape index (κ2) is 9.03. The second-order valence-electron chi connectivity index (χ2n) is 4.62. The van der Waals surface area contributed by atoms with E-state index in [0.717, 1.165) is 0 Å². The number of halogens is 6. The molecule has 0 radical (unpaired) electrons. The van der Waals surface area contributed by atoms with Gasteiger partial charge in [-0.1, -0.05) is 17.7 Å². The first-order valence-electron chi connectivity index (χ1n) is 6.28. The van der Waals surface area contributed by atoms with E-state index in [1.165, 1.54) is 30.2 Å². The standard InChI is InChI=1S/C13H16ClF3N2O.2ClH/c1-20-11-8-9(2-3-10(11)14)12(13(15,16)17)19-6-4-18-5-7-19;;/h2-3,8,12,18H,4-7H2,1H3;2*1H/t12-;;/m1../s1. The number of rotatable bonds is 3. The Labute approximate surface area is 145 Å². The smallest absolute Gasteiger partial charge is 0.408 e. The highest BCUT2D eigenvalue weighted by molar-refractivity contribution is 6.32. The van der Waals surface area contributed by atoms with Crippen molar-refractivity contribution in [3.8, 4) is 5.75 Å². The molecule has 1 atom stereocenters. The largest absolute Gasteiger partial charge is 0.495 e. The first-order chi connectivity index (χ1) is 9.43. The molecular weight excluding hydrogens is 364 g/mol. The van der Waals surface area contributed by atoms with Gasteiger partial charge in [-0.3, -0.25) is 4.90 Å². The lowest BCUT2D eigenvalue weighted by Gasteiger charge is -2.36. The molecule has 22 heavy (non-hydrogen) atoms. The number of methoxy groups -OCH3 is 1. The molecule has 0 aromatic heterocycles. The van der Waals surface area contributed by atoms with Gasteiger partial charge in [-0.2, -0.15) is 13.2 Å². The van der Waals surface area contributed by atoms with Crippen molar-refractivity contribution >= 4 is 36.4 Å². The third-order valence-electron chi connectivity index (χ3n) is 3.32. The van der Waals surface area contributed by atoms with Crippen LogP contribution in [0.15, 0.2) is 18.2 Å². The number of ether oxygens (including phenoxy) is 1. The van der Waals surface area contributed by atoms with E-state index >= 15 is 0 Å². The van der Waals surface area contributed by atoms with E-state index < -0.39 is 12.2 Å². The Hall–Kier alpha value is -0.400. The van der Waals surface area contributed by atoms with Gasteiger partial charge in [0.1, 0.15) is 11.8 Å². The van der Waals surface area contributed by atoms with Crippen molar-refractivity contribution in [1.82, 2.24) is 10.2 Å². The predicted octanol–water partition coefficient (Wildman–Crippen LogP) is 3.70. The average Bonchev–Trinajstić information content (AvgIpc) is 2.40. The molecule has 2 rings (SSSR count). The van der Waals surface area contributed by atoms with Crippen molar-refractivity contribution in [1.29, 1.82) is 0 Å². The zero-order valence-electron chi connectivity index (χ0n) is 11.8. The van der Waals surface area contributed by atoms with Crippen molar-refractivity contribution in [2.75, 3.05) is 33.3 Å². The maximum atomic E-state index is 13.4. The molecule has 9 heteroatoms. The highest BCUT2D eigenvalue weighted by atomic mass is 35.5. The molecule has 1 fully saturated rings. The number of piperazine rings is 1. The molecular formula is C13H18Cl3F3N2O. The summed E-state index contributed by atoms with van der Waals surface area (Å²) in [6.07, 6.45) is -4.34. The van der Waals surface area contributed by atoms with E-state index in [0.29, 0.717) is 31.2 Å². The topological polar surface area (TPSA) is 24.5 Å². The van der Waals surface area contributed by atoms with E-state index in [9.17, 15) is 13.2 Å². The maximum Gasteiger partial charge on any atom is 0.408 e. The second-order valence-corrected chi connectivity index (χ2v) is 5.03. The number of alkyl halides is 3. The Bertz CT molecular complexity index is 468. The van der Waals surface area contributed by atoms with Gasteiger partial charge in [0, 0.05) is 26.2 Å². The first kappa shape index (κ1) is 21.6. The van der Waals surface area contributed by atoms with Gasteiger partial charge in [-0.25, -0.2) is 0 Å². The number of benzene rings is 1. The monoisotopic (exact) mass is 380 g/mol. The van der Waals surface area contributed by atoms with Gasteiger partial charge < -0.3 is 10.1 Å². The van der Waals surface area contributed by atoms with Crippen LogP contribution in [0.3, 0.4) is 0 Å². The fourth-order valence-corrected chi connectivity index (χ4v) is 2.59. The minimum Gasteiger partial charge on any atom is -0.495 e. The summed E-state index contributed by atoms with van der Waals surface area (Å²) in [7, 11) is 1.39. The van der Waals surface area contributed by atoms with Gasteiger partial charge >= 0.3 is 6.18 Å². The quantitative estimate of drug-likeness (QED) is 0.864. The van der Waals surface area contributed by atoms with Crippen LogP contribution in [0, 0.1) is 0 Å². The lowest BCUT2D eigenvalue weighted by Crippen LogP contribution is -2.49. The summed E-state index contributed by atoms with van der Waals surface area (Å²) in [5.41, 5.74) is 0.153. The number of hydrogen-bond acceptors (Lipinski definition) is 3. The molecule has 1 aromatic rings. The lowest BCUT2D eigenvalue weighted by atomic mass is 10.0. The molecule has 1 aromatic carbocycles. The SMILES string of the molecule is COc1cc([C@@H](N2CCNCC2)C(F)(F)F)ccc1Cl.Cl.Cl. The molecule has 1 N–H and O–H groups in total. The Morgan fingerprint density at radius 1 is 1.23 bits per heavy atom. The molecule has 1 aliphatic rings. The highest BCUT2D eigenvalue weighted by Gasteiger charge is 2.45. The van der Waals surface area contributed by atoms with E-state index in [2.05, 4.69) is 5.32 Å². The van der Waals surface area contributed by atoms with E-state index in [1.807, 2.05) is 0 Å². The Morgan fingerprint density at radius 3 is 2.32 bits per heavy atom. The minimum absolute atomic E-state index is 0. The van der Waals surface area contributed by atoms with Gasteiger partial charge in [-0.15, -0.1) is 24.8 Å². The lowest BCUT2D eigenvalue weighted by molar-refractivity contribution is -0.187. The summed E-state index contributed by atoms with van der Waals surface area (Å²) in [4.78, 5) is 1.43. The molecule has 1 heterocycles. The van der Waals surface area contributed by atoms with Crippen LogP contribution < -0.4 is 10.1 Å². The van der Waals surface area contributed by atoms with Gasteiger partial charge in [-0.05, 0) is 17.7 Å². The summed E-state index contributed by atoms with van der Waals surface area (Å²) in [6.45, 7) is 1.82. The van der Waals surface area contributed by atoms with Crippen LogP contribution >= 0.6 is 36.4 Å². The van der Waals surface area contributed by atoms with Crippen LogP contribution in [0.4, 0.5) is 13.2 Å². The number of hydrogen-bond donors (Lipinski definition) is 1. The van der Waals surface area contributed by atoms with Crippen molar-refractivity contribution < 1.29 is 17.9 Å². The van der Waals surface area contributed by atoms with Crippen LogP contribution in [0.1, 0.15) is 11.6 Å². The molecule has 1 aliphatic heterocycles. The fourth-order valence-electron chi connectivity index (χ4n) is 2.39. The molecule has 128 valence electrons. The molecule has 0 saturated carbocycles. The zero-order chi connectivity index (χ0) is 14.8. The zero-order valence-corrected chi connectivity index (χ0v) is 14.2. The van der Waals surface area contributed by atoms with Crippen molar-refractivity contribution in [2.24, 2.45) is 0 Å². The van der Waals surface area contributed by atoms with Gasteiger partial charge in [0.25, 0.3) is 0 Å². The van der Waals surface area contributed by atoms with Crippen LogP contribution in [0.5, 0.6) is 5.75 Å². The molecule has 0 bridgehead atoms. The normalized spacial score (nSPS) is 17.1. The molecule has 0 spiro atoms. The van der Waals surface area contributed by atoms with Crippen LogP contribution in [-0.4, -0.2) is 44.4 Å². The van der Waals surface area contributed by atoms with Crippen molar-refractivity contribution in [3.63, 3.8) is 0 Å². The molecule has 0 aliphatic carbocycles. The Morgan fingerprint density at radius 2 is 1.82 bits per heavy atom. The third kappa shape index (κ3) is 5.06. The molecule has 0 unspecified atom stereocenters. The van der Waals surface area contributed by atoms with Gasteiger partial charge in [0.15, 0.2) is 0 Å². The van der Waals surface area contributed by atoms with Crippen molar-refractivity contribution in [2.45, 2.75) is 12.2 Å². The van der Waals surface area contributed by atoms with Crippen LogP contribution in [0.25, 0.3) is 0 Å². The summed E-state index contributed by atoms with van der Waals surface area (Å²) >= 11 is 5.87. The van der Waals surface area contributed by atoms with E-state index in [4.69, 9.17) is 16.3 Å². The number of nitrogens with zero attached hydrogens (tertiary/aromatic N) is 1. The average molecular weight is 382 g/mol. The summed E-state index contributed by atoms with van der Waals surface area (Å²) in [6, 6.07) is 2.58. The summed E-state index contributed by atoms with van der Waals surface area (Å²) in [5.74, 6) is 0.258. The third-order valence-corrected chi connectivity index (χ3v) is 3.63. The maximum absolute atomic E-state index is 13.4. The minimum atomic E-state index is -4.34. The predicted molar refractivity (Wildman–Crippen MR) is 85.7 cm³/mol. The van der Waals surface area contributed by atoms with Crippen molar-refractivity contribution in [3.05, 3.63) is 28.8 Å².